The minimum Gasteiger partial charge on any atom is -0.378 e. The zero-order chi connectivity index (χ0) is 15.4. The summed E-state index contributed by atoms with van der Waals surface area (Å²) in [6.07, 6.45) is 0.841. The number of amides is 1. The summed E-state index contributed by atoms with van der Waals surface area (Å²) in [5.74, 6) is -0.00439. The highest BCUT2D eigenvalue weighted by Crippen LogP contribution is 2.23. The molecule has 1 aromatic rings. The second-order valence-electron chi connectivity index (χ2n) is 5.40. The van der Waals surface area contributed by atoms with E-state index >= 15 is 0 Å². The lowest BCUT2D eigenvalue weighted by Crippen LogP contribution is -2.41. The van der Waals surface area contributed by atoms with Crippen LogP contribution in [0.25, 0.3) is 0 Å². The highest BCUT2D eigenvalue weighted by Gasteiger charge is 2.21. The minimum atomic E-state index is -0.00439. The molecule has 3 rings (SSSR count). The topological polar surface area (TPSA) is 59.1 Å². The van der Waals surface area contributed by atoms with Gasteiger partial charge in [0.05, 0.1) is 26.4 Å². The van der Waals surface area contributed by atoms with Gasteiger partial charge in [0.1, 0.15) is 0 Å². The van der Waals surface area contributed by atoms with E-state index in [2.05, 4.69) is 4.90 Å². The molecule has 0 aliphatic carbocycles. The van der Waals surface area contributed by atoms with Gasteiger partial charge in [-0.05, 0) is 18.2 Å². The molecule has 2 saturated heterocycles. The van der Waals surface area contributed by atoms with Gasteiger partial charge in [-0.2, -0.15) is 0 Å². The molecular weight excluding hydrogens is 284 g/mol. The largest absolute Gasteiger partial charge is 0.378 e. The Kier molecular flexibility index (Phi) is 4.70. The first-order valence-electron chi connectivity index (χ1n) is 7.58. The lowest BCUT2D eigenvalue weighted by atomic mass is 10.1. The van der Waals surface area contributed by atoms with Crippen molar-refractivity contribution >= 4 is 17.9 Å². The van der Waals surface area contributed by atoms with Crippen molar-refractivity contribution in [2.75, 3.05) is 57.5 Å². The van der Waals surface area contributed by atoms with Gasteiger partial charge < -0.3 is 19.3 Å². The molecule has 0 bridgehead atoms. The van der Waals surface area contributed by atoms with Gasteiger partial charge in [-0.1, -0.05) is 0 Å². The Morgan fingerprint density at radius 3 is 2.27 bits per heavy atom. The Morgan fingerprint density at radius 1 is 1.00 bits per heavy atom. The lowest BCUT2D eigenvalue weighted by molar-refractivity contribution is 0.0303. The number of ether oxygens (including phenoxy) is 2. The standard InChI is InChI=1S/C16H20N2O4/c19-12-14-2-1-13(16(20)18-5-9-22-10-6-18)11-15(14)17-3-7-21-8-4-17/h1-2,11-12H,3-10H2. The molecule has 2 aliphatic rings. The van der Waals surface area contributed by atoms with Crippen molar-refractivity contribution in [3.05, 3.63) is 29.3 Å². The summed E-state index contributed by atoms with van der Waals surface area (Å²) in [6.45, 7) is 5.12. The Balaban J connectivity index is 1.85. The fraction of sp³-hybridized carbons (Fsp3) is 0.500. The van der Waals surface area contributed by atoms with E-state index in [0.717, 1.165) is 25.1 Å². The third kappa shape index (κ3) is 3.13. The predicted octanol–water partition coefficient (Wildman–Crippen LogP) is 0.808. The number of rotatable bonds is 3. The number of carbonyl (C=O) groups is 2. The SMILES string of the molecule is O=Cc1ccc(C(=O)N2CCOCC2)cc1N1CCOCC1. The molecule has 0 unspecified atom stereocenters. The van der Waals surface area contributed by atoms with E-state index in [9.17, 15) is 9.59 Å². The van der Waals surface area contributed by atoms with Gasteiger partial charge >= 0.3 is 0 Å². The number of nitrogens with zero attached hydrogens (tertiary/aromatic N) is 2. The number of carbonyl (C=O) groups excluding carboxylic acids is 2. The minimum absolute atomic E-state index is 0.00439. The van der Waals surface area contributed by atoms with Crippen LogP contribution in [0.5, 0.6) is 0 Å². The maximum absolute atomic E-state index is 12.6. The average molecular weight is 304 g/mol. The van der Waals surface area contributed by atoms with E-state index in [0.29, 0.717) is 50.6 Å². The first kappa shape index (κ1) is 15.0. The molecule has 6 heteroatoms. The molecule has 22 heavy (non-hydrogen) atoms. The molecule has 0 aromatic heterocycles. The summed E-state index contributed by atoms with van der Waals surface area (Å²) in [5, 5.41) is 0. The monoisotopic (exact) mass is 304 g/mol. The zero-order valence-corrected chi connectivity index (χ0v) is 12.5. The number of benzene rings is 1. The predicted molar refractivity (Wildman–Crippen MR) is 81.6 cm³/mol. The van der Waals surface area contributed by atoms with Crippen LogP contribution in [0.1, 0.15) is 20.7 Å². The van der Waals surface area contributed by atoms with E-state index in [1.807, 2.05) is 6.07 Å². The first-order chi connectivity index (χ1) is 10.8. The van der Waals surface area contributed by atoms with Gasteiger partial charge in [0.15, 0.2) is 6.29 Å². The van der Waals surface area contributed by atoms with Crippen LogP contribution in [0, 0.1) is 0 Å². The second kappa shape index (κ2) is 6.89. The van der Waals surface area contributed by atoms with Crippen molar-refractivity contribution in [2.45, 2.75) is 0 Å². The fourth-order valence-electron chi connectivity index (χ4n) is 2.80. The summed E-state index contributed by atoms with van der Waals surface area (Å²) in [5.41, 5.74) is 2.05. The molecule has 2 aliphatic heterocycles. The van der Waals surface area contributed by atoms with Crippen molar-refractivity contribution < 1.29 is 19.1 Å². The van der Waals surface area contributed by atoms with Crippen molar-refractivity contribution in [1.82, 2.24) is 4.90 Å². The number of anilines is 1. The van der Waals surface area contributed by atoms with Gasteiger partial charge in [0, 0.05) is 43.0 Å². The van der Waals surface area contributed by atoms with Crippen molar-refractivity contribution in [3.63, 3.8) is 0 Å². The zero-order valence-electron chi connectivity index (χ0n) is 12.5. The van der Waals surface area contributed by atoms with Crippen LogP contribution in [-0.2, 0) is 9.47 Å². The number of hydrogen-bond acceptors (Lipinski definition) is 5. The first-order valence-corrected chi connectivity index (χ1v) is 7.58. The van der Waals surface area contributed by atoms with Crippen LogP contribution >= 0.6 is 0 Å². The third-order valence-corrected chi connectivity index (χ3v) is 4.05. The van der Waals surface area contributed by atoms with E-state index < -0.39 is 0 Å². The van der Waals surface area contributed by atoms with Crippen molar-refractivity contribution in [2.24, 2.45) is 0 Å². The quantitative estimate of drug-likeness (QED) is 0.773. The molecule has 2 fully saturated rings. The molecule has 0 N–H and O–H groups in total. The van der Waals surface area contributed by atoms with Gasteiger partial charge in [0.2, 0.25) is 0 Å². The molecule has 0 atom stereocenters. The Morgan fingerprint density at radius 2 is 1.64 bits per heavy atom. The summed E-state index contributed by atoms with van der Waals surface area (Å²) in [4.78, 5) is 27.8. The molecule has 1 amide bonds. The number of hydrogen-bond donors (Lipinski definition) is 0. The normalized spacial score (nSPS) is 19.1. The highest BCUT2D eigenvalue weighted by molar-refractivity contribution is 5.97. The Labute approximate surface area is 129 Å². The smallest absolute Gasteiger partial charge is 0.254 e. The summed E-state index contributed by atoms with van der Waals surface area (Å²) < 4.78 is 10.6. The fourth-order valence-corrected chi connectivity index (χ4v) is 2.80. The van der Waals surface area contributed by atoms with Crippen molar-refractivity contribution in [1.29, 1.82) is 0 Å². The molecule has 0 spiro atoms. The van der Waals surface area contributed by atoms with E-state index in [-0.39, 0.29) is 5.91 Å². The molecule has 6 nitrogen and oxygen atoms in total. The van der Waals surface area contributed by atoms with Crippen molar-refractivity contribution in [3.8, 4) is 0 Å². The Bertz CT molecular complexity index is 549. The molecule has 0 radical (unpaired) electrons. The Hall–Kier alpha value is -1.92. The lowest BCUT2D eigenvalue weighted by Gasteiger charge is -2.31. The highest BCUT2D eigenvalue weighted by atomic mass is 16.5. The summed E-state index contributed by atoms with van der Waals surface area (Å²) >= 11 is 0. The summed E-state index contributed by atoms with van der Waals surface area (Å²) in [7, 11) is 0. The third-order valence-electron chi connectivity index (χ3n) is 4.05. The van der Waals surface area contributed by atoms with Crippen LogP contribution in [-0.4, -0.2) is 69.7 Å². The van der Waals surface area contributed by atoms with Crippen LogP contribution in [0.3, 0.4) is 0 Å². The average Bonchev–Trinajstić information content (AvgIpc) is 2.62. The van der Waals surface area contributed by atoms with Gasteiger partial charge in [0.25, 0.3) is 5.91 Å². The summed E-state index contributed by atoms with van der Waals surface area (Å²) in [6, 6.07) is 5.28. The van der Waals surface area contributed by atoms with E-state index in [4.69, 9.17) is 9.47 Å². The maximum Gasteiger partial charge on any atom is 0.254 e. The maximum atomic E-state index is 12.6. The molecule has 1 aromatic carbocycles. The molecule has 0 saturated carbocycles. The van der Waals surface area contributed by atoms with Crippen LogP contribution < -0.4 is 4.90 Å². The van der Waals surface area contributed by atoms with Gasteiger partial charge in [-0.3, -0.25) is 9.59 Å². The van der Waals surface area contributed by atoms with Gasteiger partial charge in [-0.15, -0.1) is 0 Å². The molecular formula is C16H20N2O4. The van der Waals surface area contributed by atoms with Crippen LogP contribution in [0.4, 0.5) is 5.69 Å². The number of aldehydes is 1. The van der Waals surface area contributed by atoms with Crippen LogP contribution in [0.15, 0.2) is 18.2 Å². The van der Waals surface area contributed by atoms with Crippen LogP contribution in [0.2, 0.25) is 0 Å². The van der Waals surface area contributed by atoms with E-state index in [1.165, 1.54) is 0 Å². The second-order valence-corrected chi connectivity index (χ2v) is 5.40. The molecule has 118 valence electrons. The molecule has 2 heterocycles. The van der Waals surface area contributed by atoms with Gasteiger partial charge in [-0.25, -0.2) is 0 Å². The van der Waals surface area contributed by atoms with E-state index in [1.54, 1.807) is 17.0 Å². The number of morpholine rings is 2.